The fraction of sp³-hybridized carbons (Fsp3) is 0.600. The Morgan fingerprint density at radius 3 is 2.88 bits per heavy atom. The maximum Gasteiger partial charge on any atom is 0.250 e. The lowest BCUT2D eigenvalue weighted by molar-refractivity contribution is 0.530. The molecule has 6 heteroatoms. The minimum Gasteiger partial charge on any atom is -0.210 e. The zero-order valence-corrected chi connectivity index (χ0v) is 11.9. The summed E-state index contributed by atoms with van der Waals surface area (Å²) in [6.45, 7) is 0.538. The van der Waals surface area contributed by atoms with Gasteiger partial charge < -0.3 is 0 Å². The van der Waals surface area contributed by atoms with Crippen LogP contribution in [0.2, 0.25) is 0 Å². The SMILES string of the molecule is O=S(=O)(NCC1CCCC1Br)c1cccs1. The van der Waals surface area contributed by atoms with Gasteiger partial charge in [-0.05, 0) is 30.2 Å². The normalized spacial score (nSPS) is 26.1. The van der Waals surface area contributed by atoms with Crippen molar-refractivity contribution in [2.45, 2.75) is 28.3 Å². The number of hydrogen-bond acceptors (Lipinski definition) is 3. The first-order chi connectivity index (χ1) is 7.59. The van der Waals surface area contributed by atoms with E-state index in [2.05, 4.69) is 20.7 Å². The third-order valence-electron chi connectivity index (χ3n) is 2.86. The minimum absolute atomic E-state index is 0.400. The highest BCUT2D eigenvalue weighted by Crippen LogP contribution is 2.31. The van der Waals surface area contributed by atoms with E-state index in [9.17, 15) is 8.42 Å². The average molecular weight is 324 g/mol. The second-order valence-corrected chi connectivity index (χ2v) is 8.11. The number of sulfonamides is 1. The highest BCUT2D eigenvalue weighted by atomic mass is 79.9. The summed E-state index contributed by atoms with van der Waals surface area (Å²) in [4.78, 5) is 0.457. The zero-order chi connectivity index (χ0) is 11.6. The molecule has 90 valence electrons. The molecule has 16 heavy (non-hydrogen) atoms. The monoisotopic (exact) mass is 323 g/mol. The molecule has 1 heterocycles. The van der Waals surface area contributed by atoms with Crippen LogP contribution >= 0.6 is 27.3 Å². The minimum atomic E-state index is -3.28. The van der Waals surface area contributed by atoms with Gasteiger partial charge >= 0.3 is 0 Å². The smallest absolute Gasteiger partial charge is 0.210 e. The molecule has 1 fully saturated rings. The van der Waals surface area contributed by atoms with Gasteiger partial charge in [-0.3, -0.25) is 0 Å². The lowest BCUT2D eigenvalue weighted by atomic mass is 10.1. The van der Waals surface area contributed by atoms with Crippen molar-refractivity contribution in [3.8, 4) is 0 Å². The van der Waals surface area contributed by atoms with Crippen molar-refractivity contribution in [2.75, 3.05) is 6.54 Å². The van der Waals surface area contributed by atoms with E-state index in [-0.39, 0.29) is 0 Å². The molecule has 0 aromatic carbocycles. The topological polar surface area (TPSA) is 46.2 Å². The summed E-state index contributed by atoms with van der Waals surface area (Å²) >= 11 is 4.84. The third kappa shape index (κ3) is 2.85. The standard InChI is InChI=1S/C10H14BrNO2S2/c11-9-4-1-3-8(9)7-12-16(13,14)10-5-2-6-15-10/h2,5-6,8-9,12H,1,3-4,7H2. The number of thiophene rings is 1. The molecule has 2 rings (SSSR count). The maximum atomic E-state index is 11.8. The Hall–Kier alpha value is 0.0900. The molecule has 1 aromatic heterocycles. The summed E-state index contributed by atoms with van der Waals surface area (Å²) in [5, 5.41) is 1.78. The summed E-state index contributed by atoms with van der Waals surface area (Å²) in [6.07, 6.45) is 3.43. The maximum absolute atomic E-state index is 11.8. The first-order valence-electron chi connectivity index (χ1n) is 5.27. The van der Waals surface area contributed by atoms with Gasteiger partial charge in [0.2, 0.25) is 10.0 Å². The molecule has 1 saturated carbocycles. The first-order valence-corrected chi connectivity index (χ1v) is 8.55. The summed E-state index contributed by atoms with van der Waals surface area (Å²) < 4.78 is 26.8. The van der Waals surface area contributed by atoms with Crippen LogP contribution in [0.1, 0.15) is 19.3 Å². The summed E-state index contributed by atoms with van der Waals surface area (Å²) in [5.74, 6) is 0.426. The van der Waals surface area contributed by atoms with Crippen LogP contribution in [0.4, 0.5) is 0 Å². The van der Waals surface area contributed by atoms with E-state index in [4.69, 9.17) is 0 Å². The lowest BCUT2D eigenvalue weighted by Crippen LogP contribution is -2.30. The summed E-state index contributed by atoms with van der Waals surface area (Å²) in [5.41, 5.74) is 0. The van der Waals surface area contributed by atoms with E-state index < -0.39 is 10.0 Å². The fourth-order valence-corrected chi connectivity index (χ4v) is 4.83. The van der Waals surface area contributed by atoms with Crippen LogP contribution in [-0.2, 0) is 10.0 Å². The molecule has 0 radical (unpaired) electrons. The van der Waals surface area contributed by atoms with Crippen molar-refractivity contribution < 1.29 is 8.42 Å². The van der Waals surface area contributed by atoms with Crippen molar-refractivity contribution >= 4 is 37.3 Å². The first kappa shape index (κ1) is 12.5. The molecule has 1 N–H and O–H groups in total. The van der Waals surface area contributed by atoms with Gasteiger partial charge in [0, 0.05) is 11.4 Å². The lowest BCUT2D eigenvalue weighted by Gasteiger charge is -2.14. The molecule has 0 bridgehead atoms. The largest absolute Gasteiger partial charge is 0.250 e. The van der Waals surface area contributed by atoms with Crippen LogP contribution in [0.5, 0.6) is 0 Å². The van der Waals surface area contributed by atoms with Crippen LogP contribution in [-0.4, -0.2) is 19.8 Å². The van der Waals surface area contributed by atoms with Gasteiger partial charge in [-0.25, -0.2) is 13.1 Å². The average Bonchev–Trinajstić information content (AvgIpc) is 2.85. The predicted octanol–water partition coefficient (Wildman–Crippen LogP) is 2.59. The van der Waals surface area contributed by atoms with E-state index in [0.717, 1.165) is 12.8 Å². The molecule has 2 atom stereocenters. The number of halogens is 1. The molecule has 1 aliphatic rings. The van der Waals surface area contributed by atoms with Crippen molar-refractivity contribution in [1.29, 1.82) is 0 Å². The molecule has 0 amide bonds. The Morgan fingerprint density at radius 2 is 2.31 bits per heavy atom. The third-order valence-corrected chi connectivity index (χ3v) is 6.89. The number of rotatable bonds is 4. The van der Waals surface area contributed by atoms with E-state index in [1.54, 1.807) is 17.5 Å². The quantitative estimate of drug-likeness (QED) is 0.866. The van der Waals surface area contributed by atoms with Gasteiger partial charge in [0.1, 0.15) is 4.21 Å². The van der Waals surface area contributed by atoms with Crippen molar-refractivity contribution in [1.82, 2.24) is 4.72 Å². The molecular formula is C10H14BrNO2S2. The van der Waals surface area contributed by atoms with E-state index >= 15 is 0 Å². The van der Waals surface area contributed by atoms with Gasteiger partial charge in [-0.15, -0.1) is 11.3 Å². The molecule has 2 unspecified atom stereocenters. The number of hydrogen-bond donors (Lipinski definition) is 1. The second kappa shape index (κ2) is 5.16. The second-order valence-electron chi connectivity index (χ2n) is 3.99. The molecule has 1 aromatic rings. The Bertz CT molecular complexity index is 430. The van der Waals surface area contributed by atoms with Gasteiger partial charge in [-0.2, -0.15) is 0 Å². The Morgan fingerprint density at radius 1 is 1.50 bits per heavy atom. The Kier molecular flexibility index (Phi) is 4.05. The molecule has 1 aliphatic carbocycles. The highest BCUT2D eigenvalue weighted by molar-refractivity contribution is 9.09. The molecule has 0 spiro atoms. The summed E-state index contributed by atoms with van der Waals surface area (Å²) in [7, 11) is -3.28. The molecule has 0 saturated heterocycles. The van der Waals surface area contributed by atoms with Crippen molar-refractivity contribution in [3.05, 3.63) is 17.5 Å². The summed E-state index contributed by atoms with van der Waals surface area (Å²) in [6, 6.07) is 3.38. The van der Waals surface area contributed by atoms with E-state index in [1.165, 1.54) is 17.8 Å². The van der Waals surface area contributed by atoms with Crippen LogP contribution in [0.25, 0.3) is 0 Å². The number of nitrogens with one attached hydrogen (secondary N) is 1. The zero-order valence-electron chi connectivity index (χ0n) is 8.73. The van der Waals surface area contributed by atoms with Crippen LogP contribution < -0.4 is 4.72 Å². The van der Waals surface area contributed by atoms with Crippen molar-refractivity contribution in [2.24, 2.45) is 5.92 Å². The fourth-order valence-electron chi connectivity index (χ4n) is 1.93. The van der Waals surface area contributed by atoms with Crippen molar-refractivity contribution in [3.63, 3.8) is 0 Å². The van der Waals surface area contributed by atoms with Crippen LogP contribution in [0.3, 0.4) is 0 Å². The number of alkyl halides is 1. The van der Waals surface area contributed by atoms with Gasteiger partial charge in [-0.1, -0.05) is 28.4 Å². The predicted molar refractivity (Wildman–Crippen MR) is 69.6 cm³/mol. The van der Waals surface area contributed by atoms with E-state index in [0.29, 0.717) is 21.5 Å². The molecule has 3 nitrogen and oxygen atoms in total. The van der Waals surface area contributed by atoms with Gasteiger partial charge in [0.25, 0.3) is 0 Å². The molecule has 0 aliphatic heterocycles. The Balaban J connectivity index is 1.95. The van der Waals surface area contributed by atoms with Crippen LogP contribution in [0, 0.1) is 5.92 Å². The highest BCUT2D eigenvalue weighted by Gasteiger charge is 2.26. The Labute approximate surface area is 108 Å². The molecular weight excluding hydrogens is 310 g/mol. The van der Waals surface area contributed by atoms with E-state index in [1.807, 2.05) is 0 Å². The van der Waals surface area contributed by atoms with Gasteiger partial charge in [0.05, 0.1) is 0 Å². The van der Waals surface area contributed by atoms with Crippen LogP contribution in [0.15, 0.2) is 21.7 Å². The van der Waals surface area contributed by atoms with Gasteiger partial charge in [0.15, 0.2) is 0 Å².